The Morgan fingerprint density at radius 2 is 2.07 bits per heavy atom. The van der Waals surface area contributed by atoms with Gasteiger partial charge in [0, 0.05) is 5.69 Å². The topological polar surface area (TPSA) is 104 Å². The highest BCUT2D eigenvalue weighted by atomic mass is 16.5. The maximum atomic E-state index is 12.4. The third-order valence-corrected chi connectivity index (χ3v) is 4.54. The van der Waals surface area contributed by atoms with Crippen LogP contribution in [0.1, 0.15) is 35.9 Å². The molecule has 1 aliphatic carbocycles. The summed E-state index contributed by atoms with van der Waals surface area (Å²) in [5.74, 6) is -0.208. The lowest BCUT2D eigenvalue weighted by Crippen LogP contribution is -2.48. The first kappa shape index (κ1) is 18.5. The van der Waals surface area contributed by atoms with Gasteiger partial charge in [-0.15, -0.1) is 0 Å². The number of anilines is 1. The first-order valence-electron chi connectivity index (χ1n) is 8.76. The number of nitriles is 1. The van der Waals surface area contributed by atoms with Crippen LogP contribution in [0.15, 0.2) is 47.1 Å². The van der Waals surface area contributed by atoms with Crippen molar-refractivity contribution in [3.05, 3.63) is 54.0 Å². The Morgan fingerprint density at radius 1 is 1.30 bits per heavy atom. The Hall–Kier alpha value is -3.27. The first-order chi connectivity index (χ1) is 13.0. The van der Waals surface area contributed by atoms with Crippen molar-refractivity contribution in [1.29, 1.82) is 5.26 Å². The van der Waals surface area contributed by atoms with Gasteiger partial charge < -0.3 is 19.8 Å². The van der Waals surface area contributed by atoms with Crippen molar-refractivity contribution in [2.45, 2.75) is 31.8 Å². The van der Waals surface area contributed by atoms with Crippen molar-refractivity contribution in [3.63, 3.8) is 0 Å². The second kappa shape index (κ2) is 7.96. The first-order valence-corrected chi connectivity index (χ1v) is 8.76. The molecule has 0 radical (unpaired) electrons. The van der Waals surface area contributed by atoms with Crippen molar-refractivity contribution < 1.29 is 18.7 Å². The molecule has 1 heterocycles. The van der Waals surface area contributed by atoms with Crippen molar-refractivity contribution >= 4 is 17.6 Å². The zero-order valence-corrected chi connectivity index (χ0v) is 15.0. The summed E-state index contributed by atoms with van der Waals surface area (Å²) < 4.78 is 10.4. The van der Waals surface area contributed by atoms with Crippen molar-refractivity contribution in [1.82, 2.24) is 5.32 Å². The largest absolute Gasteiger partial charge is 0.467 e. The third-order valence-electron chi connectivity index (χ3n) is 4.54. The predicted octanol–water partition coefficient (Wildman–Crippen LogP) is 2.86. The van der Waals surface area contributed by atoms with Crippen LogP contribution in [0.3, 0.4) is 0 Å². The Balaban J connectivity index is 1.56. The fourth-order valence-corrected chi connectivity index (χ4v) is 2.83. The van der Waals surface area contributed by atoms with E-state index in [0.717, 1.165) is 18.6 Å². The van der Waals surface area contributed by atoms with E-state index in [2.05, 4.69) is 16.7 Å². The SMILES string of the molecule is C[C@@](C#N)(NC(=O)COC(=O)c1ccccc1NCc1ccco1)C1CC1. The molecule has 7 nitrogen and oxygen atoms in total. The molecular weight excluding hydrogens is 346 g/mol. The highest BCUT2D eigenvalue weighted by molar-refractivity contribution is 5.96. The van der Waals surface area contributed by atoms with Gasteiger partial charge in [-0.2, -0.15) is 5.26 Å². The number of carbonyl (C=O) groups is 2. The molecule has 3 rings (SSSR count). The van der Waals surface area contributed by atoms with Gasteiger partial charge in [0.1, 0.15) is 11.3 Å². The van der Waals surface area contributed by atoms with Crippen molar-refractivity contribution in [3.8, 4) is 6.07 Å². The molecule has 0 saturated heterocycles. The number of furan rings is 1. The number of nitrogens with one attached hydrogen (secondary N) is 2. The van der Waals surface area contributed by atoms with Gasteiger partial charge in [-0.3, -0.25) is 4.79 Å². The summed E-state index contributed by atoms with van der Waals surface area (Å²) in [7, 11) is 0. The van der Waals surface area contributed by atoms with E-state index >= 15 is 0 Å². The van der Waals surface area contributed by atoms with Crippen LogP contribution in [0, 0.1) is 17.2 Å². The highest BCUT2D eigenvalue weighted by Crippen LogP contribution is 2.39. The summed E-state index contributed by atoms with van der Waals surface area (Å²) in [6.07, 6.45) is 3.41. The van der Waals surface area contributed by atoms with Gasteiger partial charge in [0.05, 0.1) is 24.4 Å². The molecule has 2 N–H and O–H groups in total. The van der Waals surface area contributed by atoms with Crippen LogP contribution in [-0.4, -0.2) is 24.0 Å². The van der Waals surface area contributed by atoms with Crippen LogP contribution < -0.4 is 10.6 Å². The van der Waals surface area contributed by atoms with E-state index in [9.17, 15) is 14.9 Å². The molecule has 1 aromatic heterocycles. The standard InChI is InChI=1S/C20H21N3O4/c1-20(13-21,14-8-9-14)23-18(24)12-27-19(25)16-6-2-3-7-17(16)22-11-15-5-4-10-26-15/h2-7,10,14,22H,8-9,11-12H2,1H3,(H,23,24)/t20-/m0/s1. The molecule has 2 aromatic rings. The number of rotatable bonds is 8. The number of benzene rings is 1. The minimum absolute atomic E-state index is 0.161. The molecule has 1 atom stereocenters. The fraction of sp³-hybridized carbons (Fsp3) is 0.350. The number of para-hydroxylation sites is 1. The van der Waals surface area contributed by atoms with E-state index in [1.807, 2.05) is 6.07 Å². The summed E-state index contributed by atoms with van der Waals surface area (Å²) >= 11 is 0. The molecule has 140 valence electrons. The summed E-state index contributed by atoms with van der Waals surface area (Å²) in [5.41, 5.74) is -0.00679. The van der Waals surface area contributed by atoms with E-state index in [0.29, 0.717) is 17.8 Å². The lowest BCUT2D eigenvalue weighted by molar-refractivity contribution is -0.125. The van der Waals surface area contributed by atoms with E-state index in [1.165, 1.54) is 0 Å². The molecule has 7 heteroatoms. The van der Waals surface area contributed by atoms with Crippen LogP contribution in [0.4, 0.5) is 5.69 Å². The predicted molar refractivity (Wildman–Crippen MR) is 97.6 cm³/mol. The quantitative estimate of drug-likeness (QED) is 0.695. The molecular formula is C20H21N3O4. The maximum Gasteiger partial charge on any atom is 0.340 e. The van der Waals surface area contributed by atoms with Gasteiger partial charge in [0.2, 0.25) is 0 Å². The molecule has 1 amide bonds. The lowest BCUT2D eigenvalue weighted by Gasteiger charge is -2.22. The van der Waals surface area contributed by atoms with Gasteiger partial charge in [-0.25, -0.2) is 4.79 Å². The van der Waals surface area contributed by atoms with Crippen LogP contribution in [0.2, 0.25) is 0 Å². The fourth-order valence-electron chi connectivity index (χ4n) is 2.83. The average molecular weight is 367 g/mol. The van der Waals surface area contributed by atoms with E-state index in [4.69, 9.17) is 9.15 Å². The zero-order chi connectivity index (χ0) is 19.3. The number of ether oxygens (including phenoxy) is 1. The van der Waals surface area contributed by atoms with Gasteiger partial charge in [0.25, 0.3) is 5.91 Å². The molecule has 1 fully saturated rings. The molecule has 0 spiro atoms. The number of nitrogens with zero attached hydrogens (tertiary/aromatic N) is 1. The zero-order valence-electron chi connectivity index (χ0n) is 15.0. The van der Waals surface area contributed by atoms with Gasteiger partial charge in [-0.1, -0.05) is 12.1 Å². The molecule has 0 bridgehead atoms. The number of amides is 1. The van der Waals surface area contributed by atoms with Gasteiger partial charge in [-0.05, 0) is 49.9 Å². The maximum absolute atomic E-state index is 12.4. The average Bonchev–Trinajstić information content (AvgIpc) is 3.42. The Morgan fingerprint density at radius 3 is 2.74 bits per heavy atom. The van der Waals surface area contributed by atoms with Crippen LogP contribution in [0.25, 0.3) is 0 Å². The molecule has 0 unspecified atom stereocenters. The highest BCUT2D eigenvalue weighted by Gasteiger charge is 2.43. The molecule has 1 aliphatic rings. The minimum atomic E-state index is -0.911. The van der Waals surface area contributed by atoms with E-state index in [1.54, 1.807) is 43.5 Å². The normalized spacial score (nSPS) is 15.3. The Bertz CT molecular complexity index is 852. The van der Waals surface area contributed by atoms with E-state index in [-0.39, 0.29) is 5.92 Å². The van der Waals surface area contributed by atoms with Crippen LogP contribution in [-0.2, 0) is 16.1 Å². The molecule has 27 heavy (non-hydrogen) atoms. The van der Waals surface area contributed by atoms with E-state index < -0.39 is 24.0 Å². The summed E-state index contributed by atoms with van der Waals surface area (Å²) in [5, 5.41) is 15.1. The Labute approximate surface area is 157 Å². The monoisotopic (exact) mass is 367 g/mol. The summed E-state index contributed by atoms with van der Waals surface area (Å²) in [6.45, 7) is 1.67. The molecule has 1 saturated carbocycles. The lowest BCUT2D eigenvalue weighted by atomic mass is 9.98. The van der Waals surface area contributed by atoms with Gasteiger partial charge in [0.15, 0.2) is 6.61 Å². The number of hydrogen-bond acceptors (Lipinski definition) is 6. The second-order valence-corrected chi connectivity index (χ2v) is 6.69. The van der Waals surface area contributed by atoms with Crippen LogP contribution >= 0.6 is 0 Å². The van der Waals surface area contributed by atoms with Crippen molar-refractivity contribution in [2.75, 3.05) is 11.9 Å². The van der Waals surface area contributed by atoms with Gasteiger partial charge >= 0.3 is 5.97 Å². The number of carbonyl (C=O) groups excluding carboxylic acids is 2. The minimum Gasteiger partial charge on any atom is -0.467 e. The summed E-state index contributed by atoms with van der Waals surface area (Å²) in [4.78, 5) is 24.5. The Kier molecular flexibility index (Phi) is 5.46. The molecule has 1 aromatic carbocycles. The third kappa shape index (κ3) is 4.67. The van der Waals surface area contributed by atoms with Crippen LogP contribution in [0.5, 0.6) is 0 Å². The number of esters is 1. The molecule has 0 aliphatic heterocycles. The second-order valence-electron chi connectivity index (χ2n) is 6.69. The summed E-state index contributed by atoms with van der Waals surface area (Å²) in [6, 6.07) is 12.6. The smallest absolute Gasteiger partial charge is 0.340 e. The van der Waals surface area contributed by atoms with Crippen molar-refractivity contribution in [2.24, 2.45) is 5.92 Å². The number of hydrogen-bond donors (Lipinski definition) is 2.